The van der Waals surface area contributed by atoms with E-state index < -0.39 is 0 Å². The molecule has 2 aromatic rings. The number of nitrogens with one attached hydrogen (secondary N) is 1. The Morgan fingerprint density at radius 2 is 1.95 bits per heavy atom. The first kappa shape index (κ1) is 13.0. The molecule has 1 atom stereocenters. The normalized spacial score (nSPS) is 16.8. The molecule has 1 aliphatic carbocycles. The first-order chi connectivity index (χ1) is 9.80. The van der Waals surface area contributed by atoms with Crippen LogP contribution in [0.1, 0.15) is 36.1 Å². The van der Waals surface area contributed by atoms with E-state index in [0.29, 0.717) is 6.04 Å². The lowest BCUT2D eigenvalue weighted by Gasteiger charge is -2.16. The monoisotopic (exact) mass is 267 g/mol. The predicted molar refractivity (Wildman–Crippen MR) is 83.5 cm³/mol. The Hall–Kier alpha value is -1.96. The van der Waals surface area contributed by atoms with Gasteiger partial charge in [-0.3, -0.25) is 0 Å². The minimum Gasteiger partial charge on any atom is -0.497 e. The number of ether oxygens (including phenoxy) is 1. The summed E-state index contributed by atoms with van der Waals surface area (Å²) in [6.07, 6.45) is 3.38. The molecule has 3 rings (SSSR count). The van der Waals surface area contributed by atoms with Gasteiger partial charge >= 0.3 is 0 Å². The van der Waals surface area contributed by atoms with Gasteiger partial charge in [-0.1, -0.05) is 25.1 Å². The molecule has 1 N–H and O–H groups in total. The van der Waals surface area contributed by atoms with Crippen molar-refractivity contribution in [3.05, 3.63) is 59.2 Å². The van der Waals surface area contributed by atoms with Crippen LogP contribution in [0.25, 0.3) is 0 Å². The quantitative estimate of drug-likeness (QED) is 0.888. The standard InChI is InChI=1S/C18H21NO/c1-3-13-4-8-15(9-5-13)19-18-11-7-14-6-10-16(20-2)12-17(14)18/h4-6,8-10,12,18-19H,3,7,11H2,1-2H3. The van der Waals surface area contributed by atoms with Crippen molar-refractivity contribution >= 4 is 5.69 Å². The third kappa shape index (κ3) is 2.51. The maximum atomic E-state index is 5.34. The van der Waals surface area contributed by atoms with Crippen LogP contribution in [0.15, 0.2) is 42.5 Å². The molecular formula is C18H21NO. The summed E-state index contributed by atoms with van der Waals surface area (Å²) in [5.41, 5.74) is 5.39. The average molecular weight is 267 g/mol. The SMILES string of the molecule is CCc1ccc(NC2CCc3ccc(OC)cc32)cc1. The fraction of sp³-hybridized carbons (Fsp3) is 0.333. The average Bonchev–Trinajstić information content (AvgIpc) is 2.90. The smallest absolute Gasteiger partial charge is 0.119 e. The van der Waals surface area contributed by atoms with Gasteiger partial charge in [0.25, 0.3) is 0 Å². The van der Waals surface area contributed by atoms with Crippen molar-refractivity contribution in [1.82, 2.24) is 0 Å². The van der Waals surface area contributed by atoms with Crippen LogP contribution in [0.3, 0.4) is 0 Å². The molecule has 0 radical (unpaired) electrons. The molecule has 1 aliphatic rings. The van der Waals surface area contributed by atoms with Crippen LogP contribution in [0, 0.1) is 0 Å². The van der Waals surface area contributed by atoms with Crippen molar-refractivity contribution in [2.75, 3.05) is 12.4 Å². The van der Waals surface area contributed by atoms with Crippen LogP contribution < -0.4 is 10.1 Å². The first-order valence-corrected chi connectivity index (χ1v) is 7.32. The van der Waals surface area contributed by atoms with Crippen molar-refractivity contribution in [2.45, 2.75) is 32.2 Å². The van der Waals surface area contributed by atoms with Gasteiger partial charge in [-0.15, -0.1) is 0 Å². The zero-order valence-electron chi connectivity index (χ0n) is 12.1. The molecule has 104 valence electrons. The fourth-order valence-electron chi connectivity index (χ4n) is 2.90. The predicted octanol–water partition coefficient (Wildman–Crippen LogP) is 4.36. The minimum atomic E-state index is 0.396. The number of benzene rings is 2. The van der Waals surface area contributed by atoms with Crippen molar-refractivity contribution in [2.24, 2.45) is 0 Å². The highest BCUT2D eigenvalue weighted by Gasteiger charge is 2.22. The summed E-state index contributed by atoms with van der Waals surface area (Å²) in [5.74, 6) is 0.943. The zero-order chi connectivity index (χ0) is 13.9. The van der Waals surface area contributed by atoms with Gasteiger partial charge in [0.1, 0.15) is 5.75 Å². The second-order valence-electron chi connectivity index (χ2n) is 5.35. The van der Waals surface area contributed by atoms with Crippen LogP contribution in [0.4, 0.5) is 5.69 Å². The van der Waals surface area contributed by atoms with Gasteiger partial charge in [0.2, 0.25) is 0 Å². The van der Waals surface area contributed by atoms with Gasteiger partial charge in [0.15, 0.2) is 0 Å². The molecule has 0 saturated heterocycles. The Bertz CT molecular complexity index is 589. The molecule has 0 saturated carbocycles. The highest BCUT2D eigenvalue weighted by atomic mass is 16.5. The number of methoxy groups -OCH3 is 1. The third-order valence-corrected chi connectivity index (χ3v) is 4.13. The number of hydrogen-bond donors (Lipinski definition) is 1. The Morgan fingerprint density at radius 1 is 1.15 bits per heavy atom. The molecule has 1 unspecified atom stereocenters. The van der Waals surface area contributed by atoms with E-state index in [4.69, 9.17) is 4.74 Å². The Labute approximate surface area is 120 Å². The van der Waals surface area contributed by atoms with E-state index in [1.54, 1.807) is 7.11 Å². The molecule has 2 aromatic carbocycles. The van der Waals surface area contributed by atoms with Crippen molar-refractivity contribution in [3.63, 3.8) is 0 Å². The van der Waals surface area contributed by atoms with E-state index in [1.807, 2.05) is 0 Å². The summed E-state index contributed by atoms with van der Waals surface area (Å²) in [7, 11) is 1.72. The molecule has 0 bridgehead atoms. The van der Waals surface area contributed by atoms with Gasteiger partial charge in [-0.05, 0) is 60.2 Å². The second-order valence-corrected chi connectivity index (χ2v) is 5.35. The third-order valence-electron chi connectivity index (χ3n) is 4.13. The van der Waals surface area contributed by atoms with Crippen LogP contribution in [0.2, 0.25) is 0 Å². The molecule has 0 amide bonds. The first-order valence-electron chi connectivity index (χ1n) is 7.32. The second kappa shape index (κ2) is 5.58. The lowest BCUT2D eigenvalue weighted by Crippen LogP contribution is -2.07. The Morgan fingerprint density at radius 3 is 2.65 bits per heavy atom. The topological polar surface area (TPSA) is 21.3 Å². The minimum absolute atomic E-state index is 0.396. The summed E-state index contributed by atoms with van der Waals surface area (Å²) in [6.45, 7) is 2.18. The van der Waals surface area contributed by atoms with Crippen molar-refractivity contribution < 1.29 is 4.74 Å². The molecule has 0 spiro atoms. The summed E-state index contributed by atoms with van der Waals surface area (Å²) >= 11 is 0. The highest BCUT2D eigenvalue weighted by molar-refractivity contribution is 5.50. The maximum Gasteiger partial charge on any atom is 0.119 e. The number of anilines is 1. The maximum absolute atomic E-state index is 5.34. The summed E-state index contributed by atoms with van der Waals surface area (Å²) in [4.78, 5) is 0. The fourth-order valence-corrected chi connectivity index (χ4v) is 2.90. The molecular weight excluding hydrogens is 246 g/mol. The zero-order valence-corrected chi connectivity index (χ0v) is 12.1. The van der Waals surface area contributed by atoms with Gasteiger partial charge in [-0.2, -0.15) is 0 Å². The van der Waals surface area contributed by atoms with Crippen molar-refractivity contribution in [3.8, 4) is 5.75 Å². The molecule has 0 aliphatic heterocycles. The van der Waals surface area contributed by atoms with Gasteiger partial charge in [0.05, 0.1) is 13.2 Å². The number of fused-ring (bicyclic) bond motifs is 1. The summed E-state index contributed by atoms with van der Waals surface area (Å²) < 4.78 is 5.34. The lowest BCUT2D eigenvalue weighted by atomic mass is 10.1. The van der Waals surface area contributed by atoms with E-state index >= 15 is 0 Å². The van der Waals surface area contributed by atoms with Crippen LogP contribution in [-0.4, -0.2) is 7.11 Å². The summed E-state index contributed by atoms with van der Waals surface area (Å²) in [5, 5.41) is 3.64. The van der Waals surface area contributed by atoms with Crippen LogP contribution >= 0.6 is 0 Å². The Balaban J connectivity index is 1.79. The van der Waals surface area contributed by atoms with E-state index in [9.17, 15) is 0 Å². The highest BCUT2D eigenvalue weighted by Crippen LogP contribution is 2.36. The molecule has 0 fully saturated rings. The number of aryl methyl sites for hydroxylation is 2. The number of hydrogen-bond acceptors (Lipinski definition) is 2. The van der Waals surface area contributed by atoms with Gasteiger partial charge in [0, 0.05) is 5.69 Å². The van der Waals surface area contributed by atoms with Crippen molar-refractivity contribution in [1.29, 1.82) is 0 Å². The largest absolute Gasteiger partial charge is 0.497 e. The van der Waals surface area contributed by atoms with Gasteiger partial charge < -0.3 is 10.1 Å². The molecule has 20 heavy (non-hydrogen) atoms. The van der Waals surface area contributed by atoms with E-state index in [0.717, 1.165) is 25.0 Å². The Kier molecular flexibility index (Phi) is 3.64. The van der Waals surface area contributed by atoms with Gasteiger partial charge in [-0.25, -0.2) is 0 Å². The molecule has 0 heterocycles. The van der Waals surface area contributed by atoms with E-state index in [-0.39, 0.29) is 0 Å². The lowest BCUT2D eigenvalue weighted by molar-refractivity contribution is 0.414. The van der Waals surface area contributed by atoms with E-state index in [1.165, 1.54) is 22.4 Å². The van der Waals surface area contributed by atoms with Crippen LogP contribution in [0.5, 0.6) is 5.75 Å². The summed E-state index contributed by atoms with van der Waals surface area (Å²) in [6, 6.07) is 15.6. The van der Waals surface area contributed by atoms with Crippen LogP contribution in [-0.2, 0) is 12.8 Å². The number of rotatable bonds is 4. The molecule has 2 heteroatoms. The van der Waals surface area contributed by atoms with E-state index in [2.05, 4.69) is 54.7 Å². The molecule has 0 aromatic heterocycles. The molecule has 2 nitrogen and oxygen atoms in total.